The van der Waals surface area contributed by atoms with Gasteiger partial charge in [0.05, 0.1) is 0 Å². The predicted molar refractivity (Wildman–Crippen MR) is 103 cm³/mol. The second-order valence-corrected chi connectivity index (χ2v) is 8.02. The van der Waals surface area contributed by atoms with Crippen LogP contribution in [0.15, 0.2) is 30.4 Å². The maximum atomic E-state index is 4.18. The van der Waals surface area contributed by atoms with Crippen molar-refractivity contribution >= 4 is 0 Å². The second-order valence-electron chi connectivity index (χ2n) is 8.02. The molecule has 1 aliphatic carbocycles. The van der Waals surface area contributed by atoms with Gasteiger partial charge in [0.25, 0.3) is 0 Å². The largest absolute Gasteiger partial charge is 0.0995 e. The van der Waals surface area contributed by atoms with E-state index in [1.54, 1.807) is 5.56 Å². The van der Waals surface area contributed by atoms with E-state index in [4.69, 9.17) is 0 Å². The van der Waals surface area contributed by atoms with Crippen LogP contribution in [0.1, 0.15) is 76.5 Å². The first-order chi connectivity index (χ1) is 11.0. The Hall–Kier alpha value is -1.04. The lowest BCUT2D eigenvalue weighted by molar-refractivity contribution is 0.250. The molecule has 0 aliphatic heterocycles. The maximum Gasteiger partial charge on any atom is -0.00669 e. The molecule has 3 atom stereocenters. The summed E-state index contributed by atoms with van der Waals surface area (Å²) in [4.78, 5) is 0. The number of allylic oxidation sites excluding steroid dienone is 1. The van der Waals surface area contributed by atoms with E-state index in [1.165, 1.54) is 61.6 Å². The number of hydrogen-bond acceptors (Lipinski definition) is 0. The van der Waals surface area contributed by atoms with E-state index >= 15 is 0 Å². The highest BCUT2D eigenvalue weighted by atomic mass is 14.2. The molecule has 0 fully saturated rings. The lowest BCUT2D eigenvalue weighted by Crippen LogP contribution is -2.16. The van der Waals surface area contributed by atoms with Crippen LogP contribution >= 0.6 is 0 Å². The molecule has 128 valence electrons. The molecular weight excluding hydrogens is 276 g/mol. The van der Waals surface area contributed by atoms with E-state index in [1.807, 2.05) is 0 Å². The van der Waals surface area contributed by atoms with Crippen LogP contribution in [0.4, 0.5) is 0 Å². The van der Waals surface area contributed by atoms with Gasteiger partial charge in [-0.2, -0.15) is 0 Å². The molecule has 0 nitrogen and oxygen atoms in total. The summed E-state index contributed by atoms with van der Waals surface area (Å²) in [6, 6.07) is 7.18. The summed E-state index contributed by atoms with van der Waals surface area (Å²) in [5, 5.41) is 0. The monoisotopic (exact) mass is 312 g/mol. The topological polar surface area (TPSA) is 0 Å². The van der Waals surface area contributed by atoms with Gasteiger partial charge in [0.15, 0.2) is 0 Å². The third-order valence-electron chi connectivity index (χ3n) is 6.12. The molecular formula is C23H36. The third-order valence-corrected chi connectivity index (χ3v) is 6.12. The Labute approximate surface area is 144 Å². The van der Waals surface area contributed by atoms with Crippen molar-refractivity contribution in [2.45, 2.75) is 79.1 Å². The molecule has 0 saturated carbocycles. The average molecular weight is 313 g/mol. The molecule has 0 N–H and O–H groups in total. The summed E-state index contributed by atoms with van der Waals surface area (Å²) in [6.07, 6.45) is 10.1. The fourth-order valence-corrected chi connectivity index (χ4v) is 4.08. The van der Waals surface area contributed by atoms with Crippen LogP contribution in [0.25, 0.3) is 0 Å². The van der Waals surface area contributed by atoms with Gasteiger partial charge in [0.1, 0.15) is 0 Å². The summed E-state index contributed by atoms with van der Waals surface area (Å²) in [6.45, 7) is 13.8. The Morgan fingerprint density at radius 3 is 2.48 bits per heavy atom. The molecule has 0 heterocycles. The number of fused-ring (bicyclic) bond motifs is 1. The van der Waals surface area contributed by atoms with Crippen LogP contribution in [0, 0.1) is 17.8 Å². The van der Waals surface area contributed by atoms with Gasteiger partial charge in [0, 0.05) is 0 Å². The molecule has 1 aromatic rings. The highest BCUT2D eigenvalue weighted by Crippen LogP contribution is 2.29. The van der Waals surface area contributed by atoms with Gasteiger partial charge in [-0.15, -0.1) is 0 Å². The quantitative estimate of drug-likeness (QED) is 0.465. The fraction of sp³-hybridized carbons (Fsp3) is 0.652. The summed E-state index contributed by atoms with van der Waals surface area (Å²) in [7, 11) is 0. The Morgan fingerprint density at radius 1 is 1.00 bits per heavy atom. The Balaban J connectivity index is 1.82. The standard InChI is InChI=1S/C23H36/c1-6-8-18(3)20(5)19(4)9-7-10-21-12-14-22-13-11-17(2)15-23(22)16-21/h12,14,16,18-20H,2,6-11,13,15H2,1,3-5H3. The van der Waals surface area contributed by atoms with Crippen LogP contribution in [0.2, 0.25) is 0 Å². The molecule has 0 radical (unpaired) electrons. The van der Waals surface area contributed by atoms with Crippen LogP contribution in [-0.2, 0) is 19.3 Å². The van der Waals surface area contributed by atoms with E-state index < -0.39 is 0 Å². The van der Waals surface area contributed by atoms with Crippen molar-refractivity contribution < 1.29 is 0 Å². The molecule has 0 spiro atoms. The number of hydrogen-bond donors (Lipinski definition) is 0. The summed E-state index contributed by atoms with van der Waals surface area (Å²) < 4.78 is 0. The van der Waals surface area contributed by atoms with Crippen molar-refractivity contribution in [3.63, 3.8) is 0 Å². The minimum absolute atomic E-state index is 0.842. The average Bonchev–Trinajstić information content (AvgIpc) is 2.53. The number of benzene rings is 1. The zero-order valence-corrected chi connectivity index (χ0v) is 15.8. The number of aryl methyl sites for hydroxylation is 2. The summed E-state index contributed by atoms with van der Waals surface area (Å²) >= 11 is 0. The zero-order chi connectivity index (χ0) is 16.8. The highest BCUT2D eigenvalue weighted by molar-refractivity contribution is 5.37. The smallest absolute Gasteiger partial charge is 0.00669 e. The van der Waals surface area contributed by atoms with E-state index in [-0.39, 0.29) is 0 Å². The fourth-order valence-electron chi connectivity index (χ4n) is 4.08. The predicted octanol–water partition coefficient (Wildman–Crippen LogP) is 6.76. The first-order valence-corrected chi connectivity index (χ1v) is 9.78. The maximum absolute atomic E-state index is 4.18. The minimum atomic E-state index is 0.842. The minimum Gasteiger partial charge on any atom is -0.0995 e. The van der Waals surface area contributed by atoms with Crippen LogP contribution in [-0.4, -0.2) is 0 Å². The zero-order valence-electron chi connectivity index (χ0n) is 15.8. The molecule has 0 saturated heterocycles. The van der Waals surface area contributed by atoms with Crippen LogP contribution in [0.3, 0.4) is 0 Å². The Morgan fingerprint density at radius 2 is 1.74 bits per heavy atom. The van der Waals surface area contributed by atoms with Crippen LogP contribution < -0.4 is 0 Å². The van der Waals surface area contributed by atoms with Crippen molar-refractivity contribution in [3.05, 3.63) is 47.0 Å². The first kappa shape index (κ1) is 18.3. The first-order valence-electron chi connectivity index (χ1n) is 9.78. The van der Waals surface area contributed by atoms with E-state index in [0.29, 0.717) is 0 Å². The Kier molecular flexibility index (Phi) is 6.93. The molecule has 2 rings (SSSR count). The normalized spacial score (nSPS) is 18.3. The third kappa shape index (κ3) is 5.23. The molecule has 0 bridgehead atoms. The van der Waals surface area contributed by atoms with Gasteiger partial charge in [0.2, 0.25) is 0 Å². The molecule has 0 amide bonds. The highest BCUT2D eigenvalue weighted by Gasteiger charge is 2.18. The van der Waals surface area contributed by atoms with E-state index in [9.17, 15) is 0 Å². The summed E-state index contributed by atoms with van der Waals surface area (Å²) in [5.74, 6) is 2.56. The second kappa shape index (κ2) is 8.71. The van der Waals surface area contributed by atoms with Gasteiger partial charge in [-0.25, -0.2) is 0 Å². The van der Waals surface area contributed by atoms with Gasteiger partial charge in [-0.3, -0.25) is 0 Å². The lowest BCUT2D eigenvalue weighted by Gasteiger charge is -2.26. The Bertz CT molecular complexity index is 511. The molecule has 0 aromatic heterocycles. The van der Waals surface area contributed by atoms with E-state index in [2.05, 4.69) is 52.5 Å². The van der Waals surface area contributed by atoms with Crippen LogP contribution in [0.5, 0.6) is 0 Å². The van der Waals surface area contributed by atoms with Crippen molar-refractivity contribution in [1.29, 1.82) is 0 Å². The van der Waals surface area contributed by atoms with Crippen molar-refractivity contribution in [3.8, 4) is 0 Å². The summed E-state index contributed by atoms with van der Waals surface area (Å²) in [5.41, 5.74) is 6.02. The van der Waals surface area contributed by atoms with Gasteiger partial charge in [-0.05, 0) is 66.5 Å². The van der Waals surface area contributed by atoms with Gasteiger partial charge >= 0.3 is 0 Å². The molecule has 23 heavy (non-hydrogen) atoms. The molecule has 1 aromatic carbocycles. The van der Waals surface area contributed by atoms with Crippen molar-refractivity contribution in [2.75, 3.05) is 0 Å². The molecule has 0 heteroatoms. The SMILES string of the molecule is C=C1CCc2ccc(CCCC(C)C(C)C(C)CCC)cc2C1. The lowest BCUT2D eigenvalue weighted by atomic mass is 9.80. The van der Waals surface area contributed by atoms with E-state index in [0.717, 1.165) is 24.2 Å². The van der Waals surface area contributed by atoms with Crippen molar-refractivity contribution in [2.24, 2.45) is 17.8 Å². The van der Waals surface area contributed by atoms with Gasteiger partial charge in [-0.1, -0.05) is 77.3 Å². The van der Waals surface area contributed by atoms with Gasteiger partial charge < -0.3 is 0 Å². The molecule has 3 unspecified atom stereocenters. The van der Waals surface area contributed by atoms with Crippen molar-refractivity contribution in [1.82, 2.24) is 0 Å². The number of rotatable bonds is 8. The molecule has 1 aliphatic rings.